The zero-order valence-electron chi connectivity index (χ0n) is 17.4. The quantitative estimate of drug-likeness (QED) is 0.623. The van der Waals surface area contributed by atoms with Crippen molar-refractivity contribution in [3.63, 3.8) is 0 Å². The largest absolute Gasteiger partial charge is 0.508 e. The molecule has 0 saturated heterocycles. The highest BCUT2D eigenvalue weighted by molar-refractivity contribution is 6.10. The van der Waals surface area contributed by atoms with Gasteiger partial charge >= 0.3 is 0 Å². The number of halogens is 1. The number of oxime groups is 1. The first kappa shape index (κ1) is 12.7. The van der Waals surface area contributed by atoms with Crippen molar-refractivity contribution >= 4 is 11.8 Å². The van der Waals surface area contributed by atoms with E-state index in [0.29, 0.717) is 5.56 Å². The summed E-state index contributed by atoms with van der Waals surface area (Å²) in [4.78, 5) is 5.91. The Hall–Kier alpha value is -2.66. The maximum absolute atomic E-state index is 14.2. The highest BCUT2D eigenvalue weighted by Gasteiger charge is 2.07. The highest BCUT2D eigenvalue weighted by atomic mass is 19.1. The molecule has 4 nitrogen and oxygen atoms in total. The highest BCUT2D eigenvalue weighted by Crippen LogP contribution is 2.13. The van der Waals surface area contributed by atoms with Crippen LogP contribution >= 0.6 is 0 Å². The second-order valence-corrected chi connectivity index (χ2v) is 5.08. The van der Waals surface area contributed by atoms with Crippen LogP contribution in [0.1, 0.15) is 16.6 Å². The number of nitrogens with zero attached hydrogens (tertiary/aromatic N) is 2. The van der Waals surface area contributed by atoms with Crippen molar-refractivity contribution in [2.45, 2.75) is 0 Å². The van der Waals surface area contributed by atoms with Crippen molar-refractivity contribution in [2.75, 3.05) is 27.2 Å². The Morgan fingerprint density at radius 1 is 1.25 bits per heavy atom. The number of likely N-dealkylation sites (N-methyl/N-ethyl adjacent to an activating group) is 1. The van der Waals surface area contributed by atoms with Gasteiger partial charge in [-0.15, -0.1) is 0 Å². The van der Waals surface area contributed by atoms with Crippen molar-refractivity contribution in [3.8, 4) is 5.75 Å². The number of hydrogen-bond donors (Lipinski definition) is 1. The monoisotopic (exact) mass is 332 g/mol. The fourth-order valence-electron chi connectivity index (χ4n) is 1.78. The molecule has 24 heavy (non-hydrogen) atoms. The average molecular weight is 332 g/mol. The lowest BCUT2D eigenvalue weighted by molar-refractivity contribution is 0.126. The Morgan fingerprint density at radius 2 is 1.96 bits per heavy atom. The summed E-state index contributed by atoms with van der Waals surface area (Å²) in [6.45, 7) is -5.27. The minimum Gasteiger partial charge on any atom is -0.508 e. The summed E-state index contributed by atoms with van der Waals surface area (Å²) in [5, 5.41) is 13.1. The predicted octanol–water partition coefficient (Wildman–Crippen LogP) is 3.53. The normalized spacial score (nSPS) is 15.8. The van der Waals surface area contributed by atoms with E-state index in [1.54, 1.807) is 24.3 Å². The molecule has 0 bridgehead atoms. The molecule has 0 aliphatic heterocycles. The van der Waals surface area contributed by atoms with Gasteiger partial charge in [0.05, 0.1) is 2.74 Å². The number of aromatic hydroxyl groups is 1. The molecule has 0 spiro atoms. The van der Waals surface area contributed by atoms with Crippen LogP contribution in [-0.2, 0) is 4.84 Å². The third-order valence-corrected chi connectivity index (χ3v) is 2.94. The summed E-state index contributed by atoms with van der Waals surface area (Å²) < 4.78 is 45.6. The van der Waals surface area contributed by atoms with Crippen LogP contribution in [0.3, 0.4) is 0 Å². The molecule has 0 saturated carbocycles. The number of phenols is 1. The van der Waals surface area contributed by atoms with Gasteiger partial charge in [-0.25, -0.2) is 4.39 Å². The molecule has 0 amide bonds. The third-order valence-electron chi connectivity index (χ3n) is 2.94. The SMILES string of the molecule is [2H]C([2H])(O/N=C(\C=C\c1ccc(O)cc1)c1ccccc1F)C([2H])([2H])N(C)C. The van der Waals surface area contributed by atoms with E-state index < -0.39 is 18.9 Å². The van der Waals surface area contributed by atoms with E-state index in [-0.39, 0.29) is 17.0 Å². The number of rotatable bonds is 7. The standard InChI is InChI=1S/C19H21FN2O2/c1-22(2)13-14-24-21-19(17-5-3-4-6-18(17)20)12-9-15-7-10-16(23)11-8-15/h3-12,23H,13-14H2,1-2H3/b12-9+,21-19+/i13D2,14D2. The number of phenolic OH excluding ortho intramolecular Hbond substituents is 1. The lowest BCUT2D eigenvalue weighted by Crippen LogP contribution is -2.17. The summed E-state index contributed by atoms with van der Waals surface area (Å²) in [5.41, 5.74) is 0.733. The van der Waals surface area contributed by atoms with Crippen molar-refractivity contribution < 1.29 is 19.8 Å². The first-order valence-corrected chi connectivity index (χ1v) is 7.20. The van der Waals surface area contributed by atoms with E-state index in [4.69, 9.17) is 10.3 Å². The average Bonchev–Trinajstić information content (AvgIpc) is 2.63. The van der Waals surface area contributed by atoms with Crippen molar-refractivity contribution in [1.82, 2.24) is 4.90 Å². The van der Waals surface area contributed by atoms with Gasteiger partial charge in [-0.1, -0.05) is 35.5 Å². The summed E-state index contributed by atoms with van der Waals surface area (Å²) >= 11 is 0. The maximum Gasteiger partial charge on any atom is 0.132 e. The summed E-state index contributed by atoms with van der Waals surface area (Å²) in [5.74, 6) is -0.487. The van der Waals surface area contributed by atoms with Gasteiger partial charge in [0.1, 0.15) is 23.8 Å². The van der Waals surface area contributed by atoms with Crippen LogP contribution in [0.15, 0.2) is 59.8 Å². The first-order valence-electron chi connectivity index (χ1n) is 9.20. The van der Waals surface area contributed by atoms with Crippen LogP contribution in [0.25, 0.3) is 6.08 Å². The van der Waals surface area contributed by atoms with Crippen molar-refractivity contribution in [2.24, 2.45) is 5.16 Å². The zero-order chi connectivity index (χ0) is 20.9. The van der Waals surface area contributed by atoms with Gasteiger partial charge in [0, 0.05) is 14.8 Å². The van der Waals surface area contributed by atoms with Gasteiger partial charge in [0.2, 0.25) is 0 Å². The van der Waals surface area contributed by atoms with Crippen molar-refractivity contribution in [1.29, 1.82) is 0 Å². The fourth-order valence-corrected chi connectivity index (χ4v) is 1.78. The van der Waals surface area contributed by atoms with Crippen LogP contribution in [0.4, 0.5) is 4.39 Å². The van der Waals surface area contributed by atoms with E-state index in [1.165, 1.54) is 50.5 Å². The molecule has 0 unspecified atom stereocenters. The van der Waals surface area contributed by atoms with Crippen LogP contribution in [-0.4, -0.2) is 42.9 Å². The number of allylic oxidation sites excluding steroid dienone is 1. The molecule has 0 aliphatic carbocycles. The summed E-state index contributed by atoms with van der Waals surface area (Å²) in [6, 6.07) is 12.0. The van der Waals surface area contributed by atoms with E-state index in [0.717, 1.165) is 4.90 Å². The molecular formula is C19H21FN2O2. The van der Waals surface area contributed by atoms with E-state index in [9.17, 15) is 9.50 Å². The zero-order valence-corrected chi connectivity index (χ0v) is 13.4. The molecule has 0 fully saturated rings. The van der Waals surface area contributed by atoms with Gasteiger partial charge in [0.25, 0.3) is 0 Å². The molecule has 1 N–H and O–H groups in total. The lowest BCUT2D eigenvalue weighted by atomic mass is 10.1. The molecule has 0 radical (unpaired) electrons. The van der Waals surface area contributed by atoms with Crippen LogP contribution in [0.5, 0.6) is 5.75 Å². The minimum atomic E-state index is -2.79. The molecule has 0 aliphatic rings. The maximum atomic E-state index is 14.2. The molecule has 0 heterocycles. The first-order chi connectivity index (χ1) is 13.0. The van der Waals surface area contributed by atoms with Gasteiger partial charge in [-0.2, -0.15) is 0 Å². The molecule has 2 aromatic carbocycles. The Kier molecular flexibility index (Phi) is 4.69. The smallest absolute Gasteiger partial charge is 0.132 e. The Balaban J connectivity index is 2.40. The number of hydrogen-bond acceptors (Lipinski definition) is 4. The molecule has 5 heteroatoms. The summed E-state index contributed by atoms with van der Waals surface area (Å²) in [7, 11) is 2.74. The predicted molar refractivity (Wildman–Crippen MR) is 94.6 cm³/mol. The molecule has 0 aromatic heterocycles. The van der Waals surface area contributed by atoms with Gasteiger partial charge in [-0.3, -0.25) is 0 Å². The Morgan fingerprint density at radius 3 is 2.62 bits per heavy atom. The van der Waals surface area contributed by atoms with Gasteiger partial charge in [0.15, 0.2) is 0 Å². The van der Waals surface area contributed by atoms with Crippen LogP contribution < -0.4 is 0 Å². The van der Waals surface area contributed by atoms with Crippen LogP contribution in [0, 0.1) is 5.82 Å². The van der Waals surface area contributed by atoms with E-state index in [1.807, 2.05) is 0 Å². The fraction of sp³-hybridized carbons (Fsp3) is 0.211. The molecule has 2 rings (SSSR count). The van der Waals surface area contributed by atoms with Gasteiger partial charge in [-0.05, 0) is 50.0 Å². The Bertz CT molecular complexity index is 868. The van der Waals surface area contributed by atoms with Crippen LogP contribution in [0.2, 0.25) is 0 Å². The molecular weight excluding hydrogens is 307 g/mol. The molecule has 126 valence electrons. The minimum absolute atomic E-state index is 0.0235. The molecule has 0 atom stereocenters. The number of benzene rings is 2. The second-order valence-electron chi connectivity index (χ2n) is 5.08. The van der Waals surface area contributed by atoms with E-state index >= 15 is 0 Å². The second kappa shape index (κ2) is 8.84. The summed E-state index contributed by atoms with van der Waals surface area (Å²) in [6.07, 6.45) is 3.01. The lowest BCUT2D eigenvalue weighted by Gasteiger charge is -2.08. The molecule has 2 aromatic rings. The third kappa shape index (κ3) is 5.52. The van der Waals surface area contributed by atoms with E-state index in [2.05, 4.69) is 5.16 Å². The topological polar surface area (TPSA) is 45.1 Å². The Labute approximate surface area is 147 Å². The van der Waals surface area contributed by atoms with Crippen molar-refractivity contribution in [3.05, 3.63) is 71.6 Å². The van der Waals surface area contributed by atoms with Gasteiger partial charge < -0.3 is 14.8 Å².